The maximum Gasteiger partial charge on any atom is 0.315 e. The Morgan fingerprint density at radius 1 is 1.35 bits per heavy atom. The molecule has 1 atom stereocenters. The zero-order chi connectivity index (χ0) is 15.1. The highest BCUT2D eigenvalue weighted by Gasteiger charge is 2.14. The molecule has 0 aliphatic carbocycles. The minimum atomic E-state index is -1.01. The number of carbonyl (C=O) groups is 2. The number of carbonyl (C=O) groups excluding carboxylic acids is 1. The van der Waals surface area contributed by atoms with Crippen LogP contribution in [0.3, 0.4) is 0 Å². The van der Waals surface area contributed by atoms with Crippen molar-refractivity contribution in [2.24, 2.45) is 0 Å². The fourth-order valence-electron chi connectivity index (χ4n) is 1.59. The Bertz CT molecular complexity index is 495. The van der Waals surface area contributed by atoms with Crippen LogP contribution < -0.4 is 10.6 Å². The van der Waals surface area contributed by atoms with Gasteiger partial charge in [-0.25, -0.2) is 13.6 Å². The summed E-state index contributed by atoms with van der Waals surface area (Å²) >= 11 is 0. The molecule has 0 bridgehead atoms. The Labute approximate surface area is 115 Å². The van der Waals surface area contributed by atoms with E-state index in [1.807, 2.05) is 0 Å². The Kier molecular flexibility index (Phi) is 5.89. The maximum atomic E-state index is 13.3. The van der Waals surface area contributed by atoms with Gasteiger partial charge in [0, 0.05) is 24.2 Å². The van der Waals surface area contributed by atoms with Gasteiger partial charge < -0.3 is 15.7 Å². The minimum absolute atomic E-state index is 0.110. The van der Waals surface area contributed by atoms with Crippen LogP contribution in [0.2, 0.25) is 0 Å². The molecule has 0 fully saturated rings. The lowest BCUT2D eigenvalue weighted by Crippen LogP contribution is -2.42. The van der Waals surface area contributed by atoms with Gasteiger partial charge in [-0.15, -0.1) is 0 Å². The maximum absolute atomic E-state index is 13.3. The van der Waals surface area contributed by atoms with Crippen molar-refractivity contribution in [1.82, 2.24) is 10.6 Å². The van der Waals surface area contributed by atoms with Crippen LogP contribution in [0.5, 0.6) is 0 Å². The Balaban J connectivity index is 2.48. The minimum Gasteiger partial charge on any atom is -0.481 e. The topological polar surface area (TPSA) is 78.4 Å². The summed E-state index contributed by atoms with van der Waals surface area (Å²) in [6.45, 7) is 1.63. The number of urea groups is 1. The Hall–Kier alpha value is -2.18. The molecule has 0 heterocycles. The van der Waals surface area contributed by atoms with Gasteiger partial charge in [0.2, 0.25) is 0 Å². The van der Waals surface area contributed by atoms with E-state index in [4.69, 9.17) is 5.11 Å². The van der Waals surface area contributed by atoms with Crippen LogP contribution in [0.1, 0.15) is 25.3 Å². The molecule has 0 saturated heterocycles. The van der Waals surface area contributed by atoms with Crippen LogP contribution in [-0.2, 0) is 11.3 Å². The highest BCUT2D eigenvalue weighted by molar-refractivity contribution is 5.75. The van der Waals surface area contributed by atoms with E-state index in [-0.39, 0.29) is 18.5 Å². The SMILES string of the molecule is CCC(CC(=O)O)NC(=O)NCc1ccc(F)cc1F. The molecular formula is C13H16F2N2O3. The molecule has 20 heavy (non-hydrogen) atoms. The fourth-order valence-corrected chi connectivity index (χ4v) is 1.59. The molecule has 1 unspecified atom stereocenters. The molecule has 3 N–H and O–H groups in total. The third kappa shape index (κ3) is 5.21. The molecule has 0 aliphatic heterocycles. The first-order valence-electron chi connectivity index (χ1n) is 6.12. The van der Waals surface area contributed by atoms with E-state index in [1.165, 1.54) is 6.07 Å². The number of halogens is 2. The van der Waals surface area contributed by atoms with Crippen molar-refractivity contribution < 1.29 is 23.5 Å². The first-order chi connectivity index (χ1) is 9.42. The third-order valence-corrected chi connectivity index (χ3v) is 2.70. The lowest BCUT2D eigenvalue weighted by Gasteiger charge is -2.15. The number of carboxylic acids is 1. The van der Waals surface area contributed by atoms with Gasteiger partial charge in [0.05, 0.1) is 6.42 Å². The van der Waals surface area contributed by atoms with Gasteiger partial charge in [-0.3, -0.25) is 4.79 Å². The molecule has 0 saturated carbocycles. The second-order valence-corrected chi connectivity index (χ2v) is 4.27. The summed E-state index contributed by atoms with van der Waals surface area (Å²) in [5.74, 6) is -2.45. The predicted molar refractivity (Wildman–Crippen MR) is 68.1 cm³/mol. The average molecular weight is 286 g/mol. The normalized spacial score (nSPS) is 11.8. The number of amides is 2. The number of nitrogens with one attached hydrogen (secondary N) is 2. The molecule has 2 amide bonds. The number of hydrogen-bond acceptors (Lipinski definition) is 2. The summed E-state index contributed by atoms with van der Waals surface area (Å²) in [7, 11) is 0. The lowest BCUT2D eigenvalue weighted by molar-refractivity contribution is -0.137. The Morgan fingerprint density at radius 3 is 2.60 bits per heavy atom. The monoisotopic (exact) mass is 286 g/mol. The van der Waals surface area contributed by atoms with Gasteiger partial charge in [-0.05, 0) is 12.5 Å². The highest BCUT2D eigenvalue weighted by Crippen LogP contribution is 2.09. The molecule has 5 nitrogen and oxygen atoms in total. The van der Waals surface area contributed by atoms with E-state index >= 15 is 0 Å². The Morgan fingerprint density at radius 2 is 2.05 bits per heavy atom. The largest absolute Gasteiger partial charge is 0.481 e. The van der Waals surface area contributed by atoms with Crippen LogP contribution in [0, 0.1) is 11.6 Å². The second kappa shape index (κ2) is 7.42. The quantitative estimate of drug-likeness (QED) is 0.748. The van der Waals surface area contributed by atoms with Crippen LogP contribution >= 0.6 is 0 Å². The van der Waals surface area contributed by atoms with Crippen molar-refractivity contribution in [3.05, 3.63) is 35.4 Å². The molecule has 1 rings (SSSR count). The number of rotatable bonds is 6. The van der Waals surface area contributed by atoms with Crippen LogP contribution in [0.15, 0.2) is 18.2 Å². The number of benzene rings is 1. The van der Waals surface area contributed by atoms with Gasteiger partial charge >= 0.3 is 12.0 Å². The molecule has 0 radical (unpaired) electrons. The van der Waals surface area contributed by atoms with E-state index in [0.29, 0.717) is 6.42 Å². The summed E-state index contributed by atoms with van der Waals surface area (Å²) in [6.07, 6.45) is 0.277. The zero-order valence-electron chi connectivity index (χ0n) is 11.0. The molecule has 0 aromatic heterocycles. The van der Waals surface area contributed by atoms with E-state index in [1.54, 1.807) is 6.92 Å². The molecule has 110 valence electrons. The summed E-state index contributed by atoms with van der Waals surface area (Å²) in [6, 6.07) is 1.97. The fraction of sp³-hybridized carbons (Fsp3) is 0.385. The van der Waals surface area contributed by atoms with Crippen molar-refractivity contribution >= 4 is 12.0 Å². The molecule has 0 aliphatic rings. The highest BCUT2D eigenvalue weighted by atomic mass is 19.1. The summed E-state index contributed by atoms with van der Waals surface area (Å²) in [5.41, 5.74) is 0.146. The zero-order valence-corrected chi connectivity index (χ0v) is 11.0. The molecular weight excluding hydrogens is 270 g/mol. The van der Waals surface area contributed by atoms with E-state index in [9.17, 15) is 18.4 Å². The average Bonchev–Trinajstić information content (AvgIpc) is 2.36. The summed E-state index contributed by atoms with van der Waals surface area (Å²) < 4.78 is 26.0. The van der Waals surface area contributed by atoms with Gasteiger partial charge in [0.15, 0.2) is 0 Å². The summed E-state index contributed by atoms with van der Waals surface area (Å²) in [4.78, 5) is 22.1. The summed E-state index contributed by atoms with van der Waals surface area (Å²) in [5, 5.41) is 13.5. The van der Waals surface area contributed by atoms with Gasteiger partial charge in [-0.1, -0.05) is 13.0 Å². The molecule has 7 heteroatoms. The number of aliphatic carboxylic acids is 1. The molecule has 1 aromatic carbocycles. The van der Waals surface area contributed by atoms with Crippen molar-refractivity contribution in [1.29, 1.82) is 0 Å². The first-order valence-corrected chi connectivity index (χ1v) is 6.12. The van der Waals surface area contributed by atoms with Crippen molar-refractivity contribution in [2.45, 2.75) is 32.4 Å². The van der Waals surface area contributed by atoms with Crippen molar-refractivity contribution in [3.63, 3.8) is 0 Å². The first kappa shape index (κ1) is 15.9. The van der Waals surface area contributed by atoms with Crippen molar-refractivity contribution in [2.75, 3.05) is 0 Å². The number of carboxylic acid groups (broad SMARTS) is 1. The molecule has 0 spiro atoms. The van der Waals surface area contributed by atoms with Crippen molar-refractivity contribution in [3.8, 4) is 0 Å². The predicted octanol–water partition coefficient (Wildman–Crippen LogP) is 2.02. The van der Waals surface area contributed by atoms with E-state index < -0.39 is 29.7 Å². The number of hydrogen-bond donors (Lipinski definition) is 3. The third-order valence-electron chi connectivity index (χ3n) is 2.70. The lowest BCUT2D eigenvalue weighted by atomic mass is 10.1. The second-order valence-electron chi connectivity index (χ2n) is 4.27. The van der Waals surface area contributed by atoms with E-state index in [2.05, 4.69) is 10.6 Å². The molecule has 1 aromatic rings. The van der Waals surface area contributed by atoms with Crippen LogP contribution in [0.25, 0.3) is 0 Å². The smallest absolute Gasteiger partial charge is 0.315 e. The van der Waals surface area contributed by atoms with Crippen LogP contribution in [-0.4, -0.2) is 23.1 Å². The van der Waals surface area contributed by atoms with Crippen LogP contribution in [0.4, 0.5) is 13.6 Å². The van der Waals surface area contributed by atoms with Gasteiger partial charge in [0.25, 0.3) is 0 Å². The standard InChI is InChI=1S/C13H16F2N2O3/c1-2-10(6-12(18)19)17-13(20)16-7-8-3-4-9(14)5-11(8)15/h3-5,10H,2,6-7H2,1H3,(H,18,19)(H2,16,17,20). The van der Waals surface area contributed by atoms with Gasteiger partial charge in [-0.2, -0.15) is 0 Å². The van der Waals surface area contributed by atoms with Gasteiger partial charge in [0.1, 0.15) is 11.6 Å². The van der Waals surface area contributed by atoms with E-state index in [0.717, 1.165) is 12.1 Å².